The molecule has 0 aliphatic rings. The van der Waals surface area contributed by atoms with Crippen molar-refractivity contribution in [3.8, 4) is 11.5 Å². The van der Waals surface area contributed by atoms with E-state index in [1.165, 1.54) is 7.11 Å². The third-order valence-electron chi connectivity index (χ3n) is 2.87. The number of nitrogens with zero attached hydrogens (tertiary/aromatic N) is 2. The predicted octanol–water partition coefficient (Wildman–Crippen LogP) is 1.59. The summed E-state index contributed by atoms with van der Waals surface area (Å²) in [6, 6.07) is 5.40. The summed E-state index contributed by atoms with van der Waals surface area (Å²) in [6.07, 6.45) is 2.13. The molecule has 0 unspecified atom stereocenters. The van der Waals surface area contributed by atoms with Crippen molar-refractivity contribution >= 4 is 11.8 Å². The van der Waals surface area contributed by atoms with E-state index in [1.54, 1.807) is 12.3 Å². The molecule has 0 aliphatic heterocycles. The van der Waals surface area contributed by atoms with Crippen LogP contribution in [0.1, 0.15) is 11.1 Å². The minimum atomic E-state index is -0.551. The van der Waals surface area contributed by atoms with E-state index in [9.17, 15) is 4.39 Å². The van der Waals surface area contributed by atoms with Crippen LogP contribution in [0.25, 0.3) is 0 Å². The maximum atomic E-state index is 12.2. The number of halogens is 1. The van der Waals surface area contributed by atoms with Gasteiger partial charge in [-0.3, -0.25) is 0 Å². The number of anilines is 2. The van der Waals surface area contributed by atoms with Gasteiger partial charge in [0.05, 0.1) is 7.11 Å². The van der Waals surface area contributed by atoms with Crippen LogP contribution in [0.5, 0.6) is 11.5 Å². The van der Waals surface area contributed by atoms with Crippen molar-refractivity contribution in [3.05, 3.63) is 35.5 Å². The van der Waals surface area contributed by atoms with E-state index >= 15 is 0 Å². The van der Waals surface area contributed by atoms with E-state index in [2.05, 4.69) is 9.97 Å². The van der Waals surface area contributed by atoms with Crippen LogP contribution in [0.3, 0.4) is 0 Å². The van der Waals surface area contributed by atoms with Crippen molar-refractivity contribution in [1.29, 1.82) is 0 Å². The number of alkyl halides is 1. The van der Waals surface area contributed by atoms with Crippen LogP contribution in [0, 0.1) is 0 Å². The second-order valence-electron chi connectivity index (χ2n) is 4.34. The first kappa shape index (κ1) is 14.8. The molecule has 0 fully saturated rings. The molecule has 0 saturated carbocycles. The van der Waals surface area contributed by atoms with Crippen LogP contribution < -0.4 is 20.9 Å². The fourth-order valence-electron chi connectivity index (χ4n) is 1.88. The fraction of sp³-hybridized carbons (Fsp3) is 0.286. The van der Waals surface area contributed by atoms with Crippen LogP contribution in [-0.2, 0) is 6.42 Å². The molecule has 112 valence electrons. The molecule has 21 heavy (non-hydrogen) atoms. The fourth-order valence-corrected chi connectivity index (χ4v) is 1.88. The van der Waals surface area contributed by atoms with E-state index in [4.69, 9.17) is 20.9 Å². The second kappa shape index (κ2) is 6.74. The van der Waals surface area contributed by atoms with Crippen molar-refractivity contribution in [3.63, 3.8) is 0 Å². The minimum Gasteiger partial charge on any atom is -0.493 e. The topological polar surface area (TPSA) is 96.3 Å². The van der Waals surface area contributed by atoms with Gasteiger partial charge in [-0.05, 0) is 17.7 Å². The molecule has 7 heteroatoms. The first-order valence-electron chi connectivity index (χ1n) is 6.36. The zero-order valence-corrected chi connectivity index (χ0v) is 11.7. The van der Waals surface area contributed by atoms with Gasteiger partial charge in [0.2, 0.25) is 5.95 Å². The molecule has 0 amide bonds. The molecule has 0 atom stereocenters. The number of ether oxygens (including phenoxy) is 2. The summed E-state index contributed by atoms with van der Waals surface area (Å²) in [5.41, 5.74) is 13.0. The van der Waals surface area contributed by atoms with E-state index in [1.807, 2.05) is 12.1 Å². The highest BCUT2D eigenvalue weighted by Gasteiger charge is 2.09. The van der Waals surface area contributed by atoms with E-state index in [-0.39, 0.29) is 12.6 Å². The van der Waals surface area contributed by atoms with Crippen molar-refractivity contribution in [1.82, 2.24) is 9.97 Å². The summed E-state index contributed by atoms with van der Waals surface area (Å²) in [5.74, 6) is 1.53. The van der Waals surface area contributed by atoms with Gasteiger partial charge in [0.15, 0.2) is 11.5 Å². The van der Waals surface area contributed by atoms with Crippen LogP contribution in [0.15, 0.2) is 24.4 Å². The minimum absolute atomic E-state index is 0.00550. The third kappa shape index (κ3) is 3.71. The Morgan fingerprint density at radius 2 is 2.05 bits per heavy atom. The molecule has 1 aromatic carbocycles. The van der Waals surface area contributed by atoms with Gasteiger partial charge >= 0.3 is 0 Å². The molecular weight excluding hydrogens is 275 g/mol. The summed E-state index contributed by atoms with van der Waals surface area (Å²) in [4.78, 5) is 7.84. The van der Waals surface area contributed by atoms with Crippen molar-refractivity contribution in [2.24, 2.45) is 0 Å². The molecule has 1 aromatic heterocycles. The van der Waals surface area contributed by atoms with E-state index < -0.39 is 6.67 Å². The largest absolute Gasteiger partial charge is 0.493 e. The lowest BCUT2D eigenvalue weighted by atomic mass is 10.1. The highest BCUT2D eigenvalue weighted by molar-refractivity contribution is 5.48. The normalized spacial score (nSPS) is 10.4. The second-order valence-corrected chi connectivity index (χ2v) is 4.34. The predicted molar refractivity (Wildman–Crippen MR) is 78.1 cm³/mol. The highest BCUT2D eigenvalue weighted by atomic mass is 19.1. The number of benzene rings is 1. The maximum Gasteiger partial charge on any atom is 0.221 e. The van der Waals surface area contributed by atoms with Gasteiger partial charge in [-0.1, -0.05) is 6.07 Å². The summed E-state index contributed by atoms with van der Waals surface area (Å²) in [6.45, 7) is -0.557. The lowest BCUT2D eigenvalue weighted by Crippen LogP contribution is -2.04. The Kier molecular flexibility index (Phi) is 4.76. The van der Waals surface area contributed by atoms with Crippen LogP contribution >= 0.6 is 0 Å². The van der Waals surface area contributed by atoms with Crippen LogP contribution in [0.4, 0.5) is 16.2 Å². The number of methoxy groups -OCH3 is 1. The standard InChI is InChI=1S/C14H17FN4O2/c1-20-12-7-9(2-3-11(12)21-5-4-15)6-10-8-18-14(17)19-13(10)16/h2-3,7-8H,4-6H2,1H3,(H4,16,17,18,19). The van der Waals surface area contributed by atoms with Gasteiger partial charge in [0, 0.05) is 18.2 Å². The molecule has 0 radical (unpaired) electrons. The number of aromatic nitrogens is 2. The SMILES string of the molecule is COc1cc(Cc2cnc(N)nc2N)ccc1OCCF. The number of hydrogen-bond donors (Lipinski definition) is 2. The lowest BCUT2D eigenvalue weighted by molar-refractivity contribution is 0.260. The molecule has 0 bridgehead atoms. The maximum absolute atomic E-state index is 12.2. The Morgan fingerprint density at radius 3 is 2.71 bits per heavy atom. The van der Waals surface area contributed by atoms with Crippen molar-refractivity contribution in [2.75, 3.05) is 31.9 Å². The Bertz CT molecular complexity index is 622. The Balaban J connectivity index is 2.20. The van der Waals surface area contributed by atoms with Gasteiger partial charge in [-0.2, -0.15) is 4.98 Å². The molecule has 2 aromatic rings. The lowest BCUT2D eigenvalue weighted by Gasteiger charge is -2.11. The van der Waals surface area contributed by atoms with Gasteiger partial charge in [0.25, 0.3) is 0 Å². The Morgan fingerprint density at radius 1 is 1.24 bits per heavy atom. The quantitative estimate of drug-likeness (QED) is 0.839. The number of nitrogen functional groups attached to an aromatic ring is 2. The molecule has 1 heterocycles. The van der Waals surface area contributed by atoms with Gasteiger partial charge < -0.3 is 20.9 Å². The number of hydrogen-bond acceptors (Lipinski definition) is 6. The molecule has 2 rings (SSSR count). The smallest absolute Gasteiger partial charge is 0.221 e. The molecule has 6 nitrogen and oxygen atoms in total. The molecule has 4 N–H and O–H groups in total. The van der Waals surface area contributed by atoms with Gasteiger partial charge in [0.1, 0.15) is 19.1 Å². The zero-order chi connectivity index (χ0) is 15.2. The van der Waals surface area contributed by atoms with E-state index in [0.717, 1.165) is 11.1 Å². The third-order valence-corrected chi connectivity index (χ3v) is 2.87. The van der Waals surface area contributed by atoms with Crippen LogP contribution in [-0.4, -0.2) is 30.4 Å². The average molecular weight is 292 g/mol. The first-order chi connectivity index (χ1) is 10.1. The average Bonchev–Trinajstić information content (AvgIpc) is 2.48. The number of rotatable bonds is 6. The first-order valence-corrected chi connectivity index (χ1v) is 6.36. The highest BCUT2D eigenvalue weighted by Crippen LogP contribution is 2.29. The summed E-state index contributed by atoms with van der Waals surface area (Å²) in [7, 11) is 1.53. The molecule has 0 spiro atoms. The summed E-state index contributed by atoms with van der Waals surface area (Å²) in [5, 5.41) is 0. The zero-order valence-electron chi connectivity index (χ0n) is 11.7. The Hall–Kier alpha value is -2.57. The van der Waals surface area contributed by atoms with Crippen molar-refractivity contribution in [2.45, 2.75) is 6.42 Å². The van der Waals surface area contributed by atoms with Gasteiger partial charge in [-0.25, -0.2) is 9.37 Å². The number of nitrogens with two attached hydrogens (primary N) is 2. The molecule has 0 aliphatic carbocycles. The van der Waals surface area contributed by atoms with Crippen LogP contribution in [0.2, 0.25) is 0 Å². The summed E-state index contributed by atoms with van der Waals surface area (Å²) >= 11 is 0. The van der Waals surface area contributed by atoms with Gasteiger partial charge in [-0.15, -0.1) is 0 Å². The molecule has 0 saturated heterocycles. The van der Waals surface area contributed by atoms with Crippen molar-refractivity contribution < 1.29 is 13.9 Å². The molecular formula is C14H17FN4O2. The monoisotopic (exact) mass is 292 g/mol. The Labute approximate surface area is 121 Å². The summed E-state index contributed by atoms with van der Waals surface area (Å²) < 4.78 is 22.7. The van der Waals surface area contributed by atoms with E-state index in [0.29, 0.717) is 23.7 Å².